The van der Waals surface area contributed by atoms with Gasteiger partial charge in [0.05, 0.1) is 12.7 Å². The van der Waals surface area contributed by atoms with Crippen LogP contribution in [-0.2, 0) is 14.3 Å². The summed E-state index contributed by atoms with van der Waals surface area (Å²) in [4.78, 5) is 10.4. The smallest absolute Gasteiger partial charge is 0.332 e. The third-order valence-electron chi connectivity index (χ3n) is 1.86. The molecule has 0 saturated carbocycles. The lowest BCUT2D eigenvalue weighted by Gasteiger charge is -2.24. The number of carbonyl (C=O) groups is 1. The number of hydrogen-bond donors (Lipinski definition) is 1. The fraction of sp³-hybridized carbons (Fsp3) is 0.875. The van der Waals surface area contributed by atoms with Crippen molar-refractivity contribution in [1.82, 2.24) is 0 Å². The molecule has 1 fully saturated rings. The van der Waals surface area contributed by atoms with Gasteiger partial charge < -0.3 is 14.6 Å². The second-order valence-electron chi connectivity index (χ2n) is 2.96. The average molecular weight is 174 g/mol. The van der Waals surface area contributed by atoms with Gasteiger partial charge in [0, 0.05) is 6.61 Å². The number of carboxylic acid groups (broad SMARTS) is 1. The van der Waals surface area contributed by atoms with E-state index in [-0.39, 0.29) is 6.10 Å². The molecule has 1 heterocycles. The van der Waals surface area contributed by atoms with Crippen LogP contribution < -0.4 is 0 Å². The third kappa shape index (κ3) is 2.79. The molecule has 2 unspecified atom stereocenters. The molecule has 0 aromatic heterocycles. The molecular weight excluding hydrogens is 160 g/mol. The van der Waals surface area contributed by atoms with Crippen molar-refractivity contribution in [2.75, 3.05) is 13.2 Å². The van der Waals surface area contributed by atoms with Crippen LogP contribution in [0.5, 0.6) is 0 Å². The minimum atomic E-state index is -0.916. The van der Waals surface area contributed by atoms with Crippen LogP contribution >= 0.6 is 0 Å². The first-order chi connectivity index (χ1) is 5.70. The second-order valence-corrected chi connectivity index (χ2v) is 2.96. The maximum Gasteiger partial charge on any atom is 0.332 e. The van der Waals surface area contributed by atoms with Gasteiger partial charge in [0.2, 0.25) is 0 Å². The van der Waals surface area contributed by atoms with E-state index in [4.69, 9.17) is 14.6 Å². The summed E-state index contributed by atoms with van der Waals surface area (Å²) in [5, 5.41) is 8.55. The number of ether oxygens (including phenoxy) is 2. The van der Waals surface area contributed by atoms with Gasteiger partial charge >= 0.3 is 5.97 Å². The average Bonchev–Trinajstić information content (AvgIpc) is 2.06. The molecule has 1 aliphatic heterocycles. The quantitative estimate of drug-likeness (QED) is 0.682. The highest BCUT2D eigenvalue weighted by Gasteiger charge is 2.20. The first-order valence-corrected chi connectivity index (χ1v) is 4.16. The molecule has 0 amide bonds. The van der Waals surface area contributed by atoms with Crippen molar-refractivity contribution < 1.29 is 19.4 Å². The molecule has 0 aromatic carbocycles. The van der Waals surface area contributed by atoms with Crippen molar-refractivity contribution in [3.05, 3.63) is 0 Å². The van der Waals surface area contributed by atoms with Crippen LogP contribution in [0.2, 0.25) is 0 Å². The zero-order valence-corrected chi connectivity index (χ0v) is 7.16. The molecule has 1 rings (SSSR count). The predicted octanol–water partition coefficient (Wildman–Crippen LogP) is 0.655. The zero-order valence-electron chi connectivity index (χ0n) is 7.16. The van der Waals surface area contributed by atoms with Crippen LogP contribution in [0, 0.1) is 0 Å². The maximum atomic E-state index is 10.4. The molecule has 12 heavy (non-hydrogen) atoms. The van der Waals surface area contributed by atoms with E-state index in [1.54, 1.807) is 0 Å². The summed E-state index contributed by atoms with van der Waals surface area (Å²) in [7, 11) is 0. The van der Waals surface area contributed by atoms with E-state index in [0.717, 1.165) is 19.4 Å². The van der Waals surface area contributed by atoms with Gasteiger partial charge in [-0.05, 0) is 19.8 Å². The van der Waals surface area contributed by atoms with Gasteiger partial charge in [-0.25, -0.2) is 4.79 Å². The molecule has 0 aliphatic carbocycles. The number of rotatable bonds is 3. The van der Waals surface area contributed by atoms with E-state index < -0.39 is 12.1 Å². The van der Waals surface area contributed by atoms with Crippen molar-refractivity contribution in [3.63, 3.8) is 0 Å². The minimum Gasteiger partial charge on any atom is -0.479 e. The lowest BCUT2D eigenvalue weighted by atomic mass is 10.2. The Kier molecular flexibility index (Phi) is 3.49. The van der Waals surface area contributed by atoms with Crippen LogP contribution in [0.1, 0.15) is 19.8 Å². The van der Waals surface area contributed by atoms with E-state index in [1.807, 2.05) is 0 Å². The second kappa shape index (κ2) is 4.42. The van der Waals surface area contributed by atoms with Crippen LogP contribution in [0.3, 0.4) is 0 Å². The molecule has 0 spiro atoms. The molecule has 4 heteroatoms. The topological polar surface area (TPSA) is 55.8 Å². The van der Waals surface area contributed by atoms with Crippen molar-refractivity contribution in [3.8, 4) is 0 Å². The van der Waals surface area contributed by atoms with E-state index >= 15 is 0 Å². The van der Waals surface area contributed by atoms with Crippen molar-refractivity contribution in [2.45, 2.75) is 32.0 Å². The molecule has 1 saturated heterocycles. The summed E-state index contributed by atoms with van der Waals surface area (Å²) in [6.07, 6.45) is 1.09. The highest BCUT2D eigenvalue weighted by molar-refractivity contribution is 5.71. The first kappa shape index (κ1) is 9.48. The third-order valence-corrected chi connectivity index (χ3v) is 1.86. The van der Waals surface area contributed by atoms with Crippen LogP contribution in [0.15, 0.2) is 0 Å². The monoisotopic (exact) mass is 174 g/mol. The van der Waals surface area contributed by atoms with Crippen LogP contribution in [0.25, 0.3) is 0 Å². The van der Waals surface area contributed by atoms with Crippen LogP contribution in [-0.4, -0.2) is 36.5 Å². The summed E-state index contributed by atoms with van der Waals surface area (Å²) < 4.78 is 10.4. The van der Waals surface area contributed by atoms with Gasteiger partial charge in [0.15, 0.2) is 6.10 Å². The summed E-state index contributed by atoms with van der Waals surface area (Å²) in [5.74, 6) is -0.916. The molecule has 1 N–H and O–H groups in total. The zero-order chi connectivity index (χ0) is 8.97. The Hall–Kier alpha value is -0.610. The Bertz CT molecular complexity index is 151. The number of aliphatic carboxylic acids is 1. The highest BCUT2D eigenvalue weighted by atomic mass is 16.6. The summed E-state index contributed by atoms with van der Waals surface area (Å²) in [6.45, 7) is 2.83. The maximum absolute atomic E-state index is 10.4. The van der Waals surface area contributed by atoms with Gasteiger partial charge in [0.25, 0.3) is 0 Å². The first-order valence-electron chi connectivity index (χ1n) is 4.16. The van der Waals surface area contributed by atoms with E-state index in [9.17, 15) is 4.79 Å². The van der Waals surface area contributed by atoms with Crippen LogP contribution in [0.4, 0.5) is 0 Å². The van der Waals surface area contributed by atoms with E-state index in [0.29, 0.717) is 6.61 Å². The predicted molar refractivity (Wildman–Crippen MR) is 42.0 cm³/mol. The fourth-order valence-corrected chi connectivity index (χ4v) is 1.17. The Morgan fingerprint density at radius 3 is 3.00 bits per heavy atom. The van der Waals surface area contributed by atoms with Gasteiger partial charge in [-0.3, -0.25) is 0 Å². The lowest BCUT2D eigenvalue weighted by molar-refractivity contribution is -0.157. The summed E-state index contributed by atoms with van der Waals surface area (Å²) >= 11 is 0. The number of hydrogen-bond acceptors (Lipinski definition) is 3. The molecule has 70 valence electrons. The normalized spacial score (nSPS) is 26.6. The van der Waals surface area contributed by atoms with Crippen molar-refractivity contribution >= 4 is 5.97 Å². The van der Waals surface area contributed by atoms with Gasteiger partial charge in [-0.1, -0.05) is 0 Å². The molecular formula is C8H14O4. The summed E-state index contributed by atoms with van der Waals surface area (Å²) in [6, 6.07) is 0. The highest BCUT2D eigenvalue weighted by Crippen LogP contribution is 2.11. The minimum absolute atomic E-state index is 0.0372. The fourth-order valence-electron chi connectivity index (χ4n) is 1.17. The Morgan fingerprint density at radius 1 is 1.75 bits per heavy atom. The standard InChI is InChI=1S/C8H14O4/c1-6(8(9)10)12-7-3-2-4-11-5-7/h6-7H,2-5H2,1H3,(H,9,10). The van der Waals surface area contributed by atoms with E-state index in [1.165, 1.54) is 6.92 Å². The lowest BCUT2D eigenvalue weighted by Crippen LogP contribution is -2.32. The SMILES string of the molecule is CC(OC1CCCOC1)C(=O)O. The van der Waals surface area contributed by atoms with E-state index in [2.05, 4.69) is 0 Å². The molecule has 1 aliphatic rings. The van der Waals surface area contributed by atoms with Gasteiger partial charge in [-0.2, -0.15) is 0 Å². The molecule has 2 atom stereocenters. The summed E-state index contributed by atoms with van der Waals surface area (Å²) in [5.41, 5.74) is 0. The Labute approximate surface area is 71.5 Å². The Morgan fingerprint density at radius 2 is 2.50 bits per heavy atom. The van der Waals surface area contributed by atoms with Gasteiger partial charge in [-0.15, -0.1) is 0 Å². The van der Waals surface area contributed by atoms with Crippen molar-refractivity contribution in [1.29, 1.82) is 0 Å². The largest absolute Gasteiger partial charge is 0.479 e. The number of carboxylic acids is 1. The molecule has 0 aromatic rings. The van der Waals surface area contributed by atoms with Gasteiger partial charge in [0.1, 0.15) is 0 Å². The molecule has 0 bridgehead atoms. The molecule has 0 radical (unpaired) electrons. The Balaban J connectivity index is 2.24. The van der Waals surface area contributed by atoms with Crippen molar-refractivity contribution in [2.24, 2.45) is 0 Å². The molecule has 4 nitrogen and oxygen atoms in total.